The van der Waals surface area contributed by atoms with Crippen LogP contribution in [0.5, 0.6) is 5.75 Å². The quantitative estimate of drug-likeness (QED) is 0.622. The van der Waals surface area contributed by atoms with E-state index in [4.69, 9.17) is 9.72 Å². The van der Waals surface area contributed by atoms with Gasteiger partial charge in [0.25, 0.3) is 0 Å². The van der Waals surface area contributed by atoms with Crippen molar-refractivity contribution in [3.8, 4) is 5.75 Å². The van der Waals surface area contributed by atoms with Crippen molar-refractivity contribution < 1.29 is 4.74 Å². The van der Waals surface area contributed by atoms with E-state index in [1.165, 1.54) is 36.0 Å². The number of ether oxygens (including phenoxy) is 1. The van der Waals surface area contributed by atoms with Crippen molar-refractivity contribution in [2.75, 3.05) is 13.7 Å². The van der Waals surface area contributed by atoms with Crippen LogP contribution in [0.15, 0.2) is 67.1 Å². The Morgan fingerprint density at radius 3 is 2.61 bits per heavy atom. The van der Waals surface area contributed by atoms with Gasteiger partial charge >= 0.3 is 0 Å². The van der Waals surface area contributed by atoms with Gasteiger partial charge in [-0.25, -0.2) is 0 Å². The molecule has 1 aromatic carbocycles. The van der Waals surface area contributed by atoms with E-state index in [2.05, 4.69) is 46.4 Å². The van der Waals surface area contributed by atoms with Gasteiger partial charge in [-0.15, -0.1) is 0 Å². The number of nitrogens with zero attached hydrogens (tertiary/aromatic N) is 3. The van der Waals surface area contributed by atoms with Crippen molar-refractivity contribution >= 4 is 0 Å². The fourth-order valence-electron chi connectivity index (χ4n) is 3.97. The average molecular weight is 373 g/mol. The Bertz CT molecular complexity index is 863. The van der Waals surface area contributed by atoms with Crippen molar-refractivity contribution in [2.24, 2.45) is 0 Å². The normalized spacial score (nSPS) is 17.4. The summed E-state index contributed by atoms with van der Waals surface area (Å²) in [4.78, 5) is 11.6. The fourth-order valence-corrected chi connectivity index (χ4v) is 3.97. The summed E-state index contributed by atoms with van der Waals surface area (Å²) < 4.78 is 5.23. The molecule has 3 heterocycles. The highest BCUT2D eigenvalue weighted by molar-refractivity contribution is 5.30. The lowest BCUT2D eigenvalue weighted by Gasteiger charge is -2.36. The van der Waals surface area contributed by atoms with E-state index in [0.29, 0.717) is 6.04 Å². The van der Waals surface area contributed by atoms with Crippen LogP contribution >= 0.6 is 0 Å². The third-order valence-electron chi connectivity index (χ3n) is 5.50. The lowest BCUT2D eigenvalue weighted by atomic mass is 9.95. The fraction of sp³-hybridized carbons (Fsp3) is 0.333. The maximum Gasteiger partial charge on any atom is 0.118 e. The molecule has 1 aliphatic rings. The Kier molecular flexibility index (Phi) is 5.98. The smallest absolute Gasteiger partial charge is 0.118 e. The van der Waals surface area contributed by atoms with Gasteiger partial charge in [0.05, 0.1) is 7.11 Å². The molecule has 0 radical (unpaired) electrons. The highest BCUT2D eigenvalue weighted by Gasteiger charge is 2.24. The van der Waals surface area contributed by atoms with E-state index in [0.717, 1.165) is 31.0 Å². The van der Waals surface area contributed by atoms with Gasteiger partial charge in [-0.2, -0.15) is 0 Å². The van der Waals surface area contributed by atoms with E-state index >= 15 is 0 Å². The van der Waals surface area contributed by atoms with Gasteiger partial charge in [-0.1, -0.05) is 30.7 Å². The number of benzene rings is 1. The molecule has 1 fully saturated rings. The molecule has 4 rings (SSSR count). The second-order valence-corrected chi connectivity index (χ2v) is 7.45. The first-order valence-corrected chi connectivity index (χ1v) is 10.0. The summed E-state index contributed by atoms with van der Waals surface area (Å²) in [5.41, 5.74) is 4.95. The molecule has 0 spiro atoms. The van der Waals surface area contributed by atoms with Crippen molar-refractivity contribution in [1.29, 1.82) is 0 Å². The molecular weight excluding hydrogens is 346 g/mol. The summed E-state index contributed by atoms with van der Waals surface area (Å²) in [7, 11) is 1.69. The van der Waals surface area contributed by atoms with Crippen molar-refractivity contribution in [2.45, 2.75) is 38.3 Å². The zero-order chi connectivity index (χ0) is 19.2. The van der Waals surface area contributed by atoms with E-state index in [-0.39, 0.29) is 0 Å². The number of hydrogen-bond donors (Lipinski definition) is 0. The molecule has 0 aliphatic carbocycles. The SMILES string of the molecule is COc1ccc(Cc2ccc([C@@H]3CCCCN3Cc3cccnc3)cn2)cc1. The van der Waals surface area contributed by atoms with E-state index in [9.17, 15) is 0 Å². The molecule has 0 saturated carbocycles. The summed E-state index contributed by atoms with van der Waals surface area (Å²) in [5, 5.41) is 0. The number of aromatic nitrogens is 2. The minimum atomic E-state index is 0.441. The lowest BCUT2D eigenvalue weighted by Crippen LogP contribution is -2.33. The number of rotatable bonds is 6. The predicted molar refractivity (Wildman–Crippen MR) is 111 cm³/mol. The number of pyridine rings is 2. The van der Waals surface area contributed by atoms with E-state index in [1.54, 1.807) is 7.11 Å². The monoisotopic (exact) mass is 373 g/mol. The van der Waals surface area contributed by atoms with Gasteiger partial charge in [0.1, 0.15) is 5.75 Å². The van der Waals surface area contributed by atoms with Gasteiger partial charge in [0.15, 0.2) is 0 Å². The summed E-state index contributed by atoms with van der Waals surface area (Å²) in [5.74, 6) is 0.887. The van der Waals surface area contributed by atoms with Gasteiger partial charge in [0, 0.05) is 43.3 Å². The van der Waals surface area contributed by atoms with Crippen LogP contribution < -0.4 is 4.74 Å². The van der Waals surface area contributed by atoms with Crippen molar-refractivity contribution in [3.63, 3.8) is 0 Å². The zero-order valence-corrected chi connectivity index (χ0v) is 16.4. The number of piperidine rings is 1. The summed E-state index contributed by atoms with van der Waals surface area (Å²) >= 11 is 0. The molecule has 0 bridgehead atoms. The Balaban J connectivity index is 1.45. The lowest BCUT2D eigenvalue weighted by molar-refractivity contribution is 0.140. The molecule has 2 aromatic heterocycles. The minimum absolute atomic E-state index is 0.441. The molecule has 4 nitrogen and oxygen atoms in total. The van der Waals surface area contributed by atoms with E-state index < -0.39 is 0 Å². The number of hydrogen-bond acceptors (Lipinski definition) is 4. The molecule has 1 atom stereocenters. The first-order valence-electron chi connectivity index (χ1n) is 10.0. The van der Waals surface area contributed by atoms with Crippen LogP contribution in [0.3, 0.4) is 0 Å². The minimum Gasteiger partial charge on any atom is -0.497 e. The van der Waals surface area contributed by atoms with Gasteiger partial charge in [-0.05, 0) is 60.3 Å². The highest BCUT2D eigenvalue weighted by Crippen LogP contribution is 2.32. The second kappa shape index (κ2) is 8.98. The molecule has 28 heavy (non-hydrogen) atoms. The Morgan fingerprint density at radius 1 is 1.00 bits per heavy atom. The molecule has 1 aliphatic heterocycles. The topological polar surface area (TPSA) is 38.2 Å². The zero-order valence-electron chi connectivity index (χ0n) is 16.4. The summed E-state index contributed by atoms with van der Waals surface area (Å²) in [6, 6.07) is 17.3. The maximum atomic E-state index is 5.23. The first-order chi connectivity index (χ1) is 13.8. The van der Waals surface area contributed by atoms with Crippen molar-refractivity contribution in [3.05, 3.63) is 89.5 Å². The third kappa shape index (κ3) is 4.57. The van der Waals surface area contributed by atoms with E-state index in [1.807, 2.05) is 30.6 Å². The first kappa shape index (κ1) is 18.6. The predicted octanol–water partition coefficient (Wildman–Crippen LogP) is 4.80. The standard InChI is InChI=1S/C24H27N3O/c1-28-23-11-7-19(8-12-23)15-22-10-9-21(17-26-22)24-6-2-3-14-27(24)18-20-5-4-13-25-16-20/h4-5,7-13,16-17,24H,2-3,6,14-15,18H2,1H3/t24-/m0/s1. The molecule has 1 saturated heterocycles. The summed E-state index contributed by atoms with van der Waals surface area (Å²) in [6.45, 7) is 2.08. The Hall–Kier alpha value is -2.72. The van der Waals surface area contributed by atoms with Crippen LogP contribution in [0.1, 0.15) is 47.7 Å². The molecule has 3 aromatic rings. The van der Waals surface area contributed by atoms with Crippen LogP contribution in [0.2, 0.25) is 0 Å². The van der Waals surface area contributed by atoms with Crippen LogP contribution in [0.25, 0.3) is 0 Å². The molecule has 0 amide bonds. The molecule has 4 heteroatoms. The van der Waals surface area contributed by atoms with Crippen molar-refractivity contribution in [1.82, 2.24) is 14.9 Å². The molecule has 0 unspecified atom stereocenters. The highest BCUT2D eigenvalue weighted by atomic mass is 16.5. The average Bonchev–Trinajstić information content (AvgIpc) is 2.76. The third-order valence-corrected chi connectivity index (χ3v) is 5.50. The number of methoxy groups -OCH3 is 1. The van der Waals surface area contributed by atoms with Gasteiger partial charge < -0.3 is 4.74 Å². The molecule has 0 N–H and O–H groups in total. The Morgan fingerprint density at radius 2 is 1.89 bits per heavy atom. The van der Waals surface area contributed by atoms with Gasteiger partial charge in [-0.3, -0.25) is 14.9 Å². The van der Waals surface area contributed by atoms with Crippen LogP contribution in [-0.2, 0) is 13.0 Å². The maximum absolute atomic E-state index is 5.23. The molecule has 144 valence electrons. The van der Waals surface area contributed by atoms with Crippen LogP contribution in [-0.4, -0.2) is 28.5 Å². The van der Waals surface area contributed by atoms with Crippen LogP contribution in [0, 0.1) is 0 Å². The van der Waals surface area contributed by atoms with Gasteiger partial charge in [0.2, 0.25) is 0 Å². The van der Waals surface area contributed by atoms with Crippen LogP contribution in [0.4, 0.5) is 0 Å². The second-order valence-electron chi connectivity index (χ2n) is 7.45. The Labute approximate surface area is 167 Å². The summed E-state index contributed by atoms with van der Waals surface area (Å²) in [6.07, 6.45) is 10.5. The molecular formula is C24H27N3O. The largest absolute Gasteiger partial charge is 0.497 e. The number of likely N-dealkylation sites (tertiary alicyclic amines) is 1.